The first-order chi connectivity index (χ1) is 12.5. The number of nitrogens with one attached hydrogen (secondary N) is 2. The summed E-state index contributed by atoms with van der Waals surface area (Å²) in [6.45, 7) is 3.85. The molecule has 8 nitrogen and oxygen atoms in total. The average Bonchev–Trinajstić information content (AvgIpc) is 2.97. The van der Waals surface area contributed by atoms with Gasteiger partial charge in [-0.15, -0.1) is 0 Å². The Bertz CT molecular complexity index is 779. The Morgan fingerprint density at radius 2 is 1.81 bits per heavy atom. The molecule has 0 atom stereocenters. The van der Waals surface area contributed by atoms with Crippen molar-refractivity contribution in [2.24, 2.45) is 5.10 Å². The third-order valence-electron chi connectivity index (χ3n) is 4.01. The van der Waals surface area contributed by atoms with Crippen LogP contribution in [-0.4, -0.2) is 43.6 Å². The van der Waals surface area contributed by atoms with E-state index in [-0.39, 0.29) is 5.91 Å². The fourth-order valence-corrected chi connectivity index (χ4v) is 2.56. The molecule has 0 saturated heterocycles. The predicted octanol–water partition coefficient (Wildman–Crippen LogP) is 2.14. The van der Waals surface area contributed by atoms with Crippen molar-refractivity contribution >= 4 is 12.1 Å². The van der Waals surface area contributed by atoms with Crippen LogP contribution in [0, 0.1) is 13.8 Å². The number of benzene rings is 1. The number of methoxy groups -OCH3 is 3. The van der Waals surface area contributed by atoms with Crippen molar-refractivity contribution in [3.63, 3.8) is 0 Å². The van der Waals surface area contributed by atoms with Crippen LogP contribution in [0.2, 0.25) is 0 Å². The molecule has 0 aliphatic rings. The lowest BCUT2D eigenvalue weighted by Gasteiger charge is -2.11. The predicted molar refractivity (Wildman–Crippen MR) is 98.2 cm³/mol. The summed E-state index contributed by atoms with van der Waals surface area (Å²) in [4.78, 5) is 12.0. The number of aryl methyl sites for hydroxylation is 2. The standard InChI is InChI=1S/C18H24N4O4/c1-11-14(12(2)21-20-11)6-7-18(23)22-19-10-13-8-16(25-4)17(26-5)9-15(13)24-3/h8-10H,6-7H2,1-5H3,(H,20,21)(H,22,23)/b19-10-. The number of nitrogens with zero attached hydrogens (tertiary/aromatic N) is 2. The van der Waals surface area contributed by atoms with Gasteiger partial charge in [0.1, 0.15) is 5.75 Å². The Hall–Kier alpha value is -3.03. The fourth-order valence-electron chi connectivity index (χ4n) is 2.56. The number of hydrogen-bond acceptors (Lipinski definition) is 6. The maximum absolute atomic E-state index is 12.0. The van der Waals surface area contributed by atoms with Gasteiger partial charge in [-0.05, 0) is 31.9 Å². The molecule has 2 N–H and O–H groups in total. The molecule has 1 heterocycles. The van der Waals surface area contributed by atoms with Gasteiger partial charge in [0.2, 0.25) is 5.91 Å². The zero-order valence-electron chi connectivity index (χ0n) is 15.7. The van der Waals surface area contributed by atoms with Crippen molar-refractivity contribution in [3.8, 4) is 17.2 Å². The number of carbonyl (C=O) groups is 1. The lowest BCUT2D eigenvalue weighted by Crippen LogP contribution is -2.18. The zero-order valence-corrected chi connectivity index (χ0v) is 15.7. The highest BCUT2D eigenvalue weighted by molar-refractivity contribution is 5.86. The van der Waals surface area contributed by atoms with E-state index < -0.39 is 0 Å². The van der Waals surface area contributed by atoms with Crippen LogP contribution in [0.1, 0.15) is 28.9 Å². The second kappa shape index (κ2) is 8.89. The minimum absolute atomic E-state index is 0.180. The van der Waals surface area contributed by atoms with Gasteiger partial charge in [0, 0.05) is 23.7 Å². The first-order valence-corrected chi connectivity index (χ1v) is 8.12. The van der Waals surface area contributed by atoms with Gasteiger partial charge >= 0.3 is 0 Å². The minimum Gasteiger partial charge on any atom is -0.496 e. The highest BCUT2D eigenvalue weighted by Crippen LogP contribution is 2.33. The molecule has 0 radical (unpaired) electrons. The van der Waals surface area contributed by atoms with Gasteiger partial charge in [-0.1, -0.05) is 0 Å². The lowest BCUT2D eigenvalue weighted by molar-refractivity contribution is -0.121. The summed E-state index contributed by atoms with van der Waals surface area (Å²) in [7, 11) is 4.65. The maximum atomic E-state index is 12.0. The van der Waals surface area contributed by atoms with Gasteiger partial charge < -0.3 is 14.2 Å². The molecule has 0 unspecified atom stereocenters. The fraction of sp³-hybridized carbons (Fsp3) is 0.389. The molecule has 0 aliphatic carbocycles. The Morgan fingerprint density at radius 3 is 2.38 bits per heavy atom. The van der Waals surface area contributed by atoms with Gasteiger partial charge in [-0.2, -0.15) is 10.2 Å². The number of aromatic nitrogens is 2. The number of rotatable bonds is 8. The van der Waals surface area contributed by atoms with E-state index in [1.54, 1.807) is 33.5 Å². The van der Waals surface area contributed by atoms with Crippen molar-refractivity contribution in [3.05, 3.63) is 34.6 Å². The molecule has 0 aliphatic heterocycles. The maximum Gasteiger partial charge on any atom is 0.240 e. The molecule has 1 amide bonds. The van der Waals surface area contributed by atoms with E-state index in [2.05, 4.69) is 20.7 Å². The van der Waals surface area contributed by atoms with E-state index >= 15 is 0 Å². The SMILES string of the molecule is COc1cc(OC)c(OC)cc1/C=N\NC(=O)CCc1c(C)n[nH]c1C. The summed E-state index contributed by atoms with van der Waals surface area (Å²) in [5.41, 5.74) is 6.13. The summed E-state index contributed by atoms with van der Waals surface area (Å²) in [5, 5.41) is 11.0. The molecule has 2 aromatic rings. The summed E-state index contributed by atoms with van der Waals surface area (Å²) in [6.07, 6.45) is 2.43. The Morgan fingerprint density at radius 1 is 1.15 bits per heavy atom. The molecule has 8 heteroatoms. The average molecular weight is 360 g/mol. The molecular formula is C18H24N4O4. The molecule has 26 heavy (non-hydrogen) atoms. The van der Waals surface area contributed by atoms with E-state index in [4.69, 9.17) is 14.2 Å². The molecule has 0 saturated carbocycles. The van der Waals surface area contributed by atoms with Gasteiger partial charge in [0.25, 0.3) is 0 Å². The van der Waals surface area contributed by atoms with Crippen molar-refractivity contribution in [1.29, 1.82) is 0 Å². The van der Waals surface area contributed by atoms with Crippen LogP contribution < -0.4 is 19.6 Å². The van der Waals surface area contributed by atoms with E-state index in [1.807, 2.05) is 13.8 Å². The molecule has 2 rings (SSSR count). The van der Waals surface area contributed by atoms with Gasteiger partial charge in [0.15, 0.2) is 11.5 Å². The van der Waals surface area contributed by atoms with E-state index in [0.717, 1.165) is 17.0 Å². The molecule has 1 aromatic heterocycles. The van der Waals surface area contributed by atoms with Crippen LogP contribution in [-0.2, 0) is 11.2 Å². The Labute approximate surface area is 152 Å². The number of hydrogen-bond donors (Lipinski definition) is 2. The number of amides is 1. The smallest absolute Gasteiger partial charge is 0.240 e. The second-order valence-corrected chi connectivity index (χ2v) is 5.65. The van der Waals surface area contributed by atoms with Crippen LogP contribution in [0.3, 0.4) is 0 Å². The normalized spacial score (nSPS) is 10.8. The number of carbonyl (C=O) groups excluding carboxylic acids is 1. The van der Waals surface area contributed by atoms with E-state index in [9.17, 15) is 4.79 Å². The summed E-state index contributed by atoms with van der Waals surface area (Å²) < 4.78 is 15.8. The van der Waals surface area contributed by atoms with Crippen molar-refractivity contribution in [1.82, 2.24) is 15.6 Å². The van der Waals surface area contributed by atoms with Gasteiger partial charge in [0.05, 0.1) is 33.2 Å². The molecular weight excluding hydrogens is 336 g/mol. The van der Waals surface area contributed by atoms with Crippen molar-refractivity contribution in [2.45, 2.75) is 26.7 Å². The zero-order chi connectivity index (χ0) is 19.1. The van der Waals surface area contributed by atoms with Gasteiger partial charge in [-0.25, -0.2) is 5.43 Å². The molecule has 0 spiro atoms. The van der Waals surface area contributed by atoms with Gasteiger partial charge in [-0.3, -0.25) is 9.89 Å². The van der Waals surface area contributed by atoms with Crippen LogP contribution in [0.25, 0.3) is 0 Å². The van der Waals surface area contributed by atoms with Crippen LogP contribution in [0.4, 0.5) is 0 Å². The third kappa shape index (κ3) is 4.53. The van der Waals surface area contributed by atoms with Crippen LogP contribution >= 0.6 is 0 Å². The molecule has 0 fully saturated rings. The molecule has 1 aromatic carbocycles. The number of H-pyrrole nitrogens is 1. The minimum atomic E-state index is -0.180. The monoisotopic (exact) mass is 360 g/mol. The third-order valence-corrected chi connectivity index (χ3v) is 4.01. The molecule has 140 valence electrons. The highest BCUT2D eigenvalue weighted by atomic mass is 16.5. The highest BCUT2D eigenvalue weighted by Gasteiger charge is 2.11. The van der Waals surface area contributed by atoms with Crippen molar-refractivity contribution in [2.75, 3.05) is 21.3 Å². The Kier molecular flexibility index (Phi) is 6.60. The lowest BCUT2D eigenvalue weighted by atomic mass is 10.1. The topological polar surface area (TPSA) is 97.8 Å². The first kappa shape index (κ1) is 19.3. The van der Waals surface area contributed by atoms with E-state index in [1.165, 1.54) is 6.21 Å². The second-order valence-electron chi connectivity index (χ2n) is 5.65. The van der Waals surface area contributed by atoms with E-state index in [0.29, 0.717) is 35.7 Å². The number of aromatic amines is 1. The molecule has 0 bridgehead atoms. The first-order valence-electron chi connectivity index (χ1n) is 8.12. The summed E-state index contributed by atoms with van der Waals surface area (Å²) in [5.74, 6) is 1.48. The van der Waals surface area contributed by atoms with Crippen LogP contribution in [0.5, 0.6) is 17.2 Å². The largest absolute Gasteiger partial charge is 0.496 e. The Balaban J connectivity index is 2.00. The quantitative estimate of drug-likeness (QED) is 0.555. The summed E-state index contributed by atoms with van der Waals surface area (Å²) in [6, 6.07) is 3.43. The summed E-state index contributed by atoms with van der Waals surface area (Å²) >= 11 is 0. The number of hydrazone groups is 1. The van der Waals surface area contributed by atoms with Crippen molar-refractivity contribution < 1.29 is 19.0 Å². The number of ether oxygens (including phenoxy) is 3. The van der Waals surface area contributed by atoms with Crippen LogP contribution in [0.15, 0.2) is 17.2 Å².